The number of hydrogen-bond donors (Lipinski definition) is 4. The molecule has 0 saturated heterocycles. The summed E-state index contributed by atoms with van der Waals surface area (Å²) in [6, 6.07) is 0. The van der Waals surface area contributed by atoms with Gasteiger partial charge in [-0.05, 0) is 40.2 Å². The van der Waals surface area contributed by atoms with E-state index in [2.05, 4.69) is 25.3 Å². The Bertz CT molecular complexity index is 971. The summed E-state index contributed by atoms with van der Waals surface area (Å²) >= 11 is 8.51. The topological polar surface area (TPSA) is 183 Å². The van der Waals surface area contributed by atoms with E-state index in [1.165, 1.54) is 35.9 Å². The van der Waals surface area contributed by atoms with Crippen molar-refractivity contribution in [3.05, 3.63) is 28.7 Å². The molecule has 2 aromatic rings. The van der Waals surface area contributed by atoms with Crippen LogP contribution in [-0.4, -0.2) is 93.1 Å². The number of hydrogen-bond acceptors (Lipinski definition) is 14. The molecule has 15 heteroatoms. The van der Waals surface area contributed by atoms with Crippen molar-refractivity contribution in [2.24, 2.45) is 5.73 Å². The molecule has 5 N–H and O–H groups in total. The number of thioether (sulfide) groups is 2. The summed E-state index contributed by atoms with van der Waals surface area (Å²) in [6.07, 6.45) is 5.61. The highest BCUT2D eigenvalue weighted by Crippen LogP contribution is 2.18. The molecule has 2 heterocycles. The van der Waals surface area contributed by atoms with E-state index in [0.717, 1.165) is 0 Å². The van der Waals surface area contributed by atoms with Crippen LogP contribution in [0.5, 0.6) is 0 Å². The van der Waals surface area contributed by atoms with Crippen molar-refractivity contribution >= 4 is 52.9 Å². The summed E-state index contributed by atoms with van der Waals surface area (Å²) in [4.78, 5) is 39.0. The summed E-state index contributed by atoms with van der Waals surface area (Å²) in [5.74, 6) is -0.586. The minimum Gasteiger partial charge on any atom is -0.462 e. The van der Waals surface area contributed by atoms with Crippen molar-refractivity contribution < 1.29 is 29.3 Å². The summed E-state index contributed by atoms with van der Waals surface area (Å²) in [5.41, 5.74) is 5.40. The number of esters is 2. The maximum absolute atomic E-state index is 11.7. The average Bonchev–Trinajstić information content (AvgIpc) is 2.88. The lowest BCUT2D eigenvalue weighted by Gasteiger charge is -2.12. The molecule has 0 aliphatic carbocycles. The Labute approximate surface area is 230 Å². The second-order valence-electron chi connectivity index (χ2n) is 6.94. The van der Waals surface area contributed by atoms with Crippen LogP contribution in [-0.2, 0) is 9.47 Å². The third-order valence-corrected chi connectivity index (χ3v) is 5.16. The van der Waals surface area contributed by atoms with Gasteiger partial charge < -0.3 is 30.7 Å². The number of carbonyl (C=O) groups is 2. The molecule has 0 spiro atoms. The zero-order valence-corrected chi connectivity index (χ0v) is 24.1. The van der Waals surface area contributed by atoms with Gasteiger partial charge in [0.1, 0.15) is 22.1 Å². The van der Waals surface area contributed by atoms with Gasteiger partial charge in [0.05, 0.1) is 25.4 Å². The molecule has 12 nitrogen and oxygen atoms in total. The largest absolute Gasteiger partial charge is 0.462 e. The maximum atomic E-state index is 11.7. The molecule has 0 amide bonds. The zero-order chi connectivity index (χ0) is 28.4. The predicted molar refractivity (Wildman–Crippen MR) is 145 cm³/mol. The van der Waals surface area contributed by atoms with E-state index in [-0.39, 0.29) is 22.4 Å². The fourth-order valence-corrected chi connectivity index (χ4v) is 2.93. The molecule has 208 valence electrons. The van der Waals surface area contributed by atoms with Crippen LogP contribution in [0.2, 0.25) is 5.15 Å². The van der Waals surface area contributed by atoms with Crippen LogP contribution in [0.25, 0.3) is 0 Å². The Hall–Kier alpha value is -2.23. The number of carbonyl (C=O) groups excluding carboxylic acids is 2. The van der Waals surface area contributed by atoms with Crippen LogP contribution >= 0.6 is 35.1 Å². The van der Waals surface area contributed by atoms with Crippen LogP contribution < -0.4 is 11.1 Å². The number of aliphatic hydroxyl groups excluding tert-OH is 2. The molecule has 0 radical (unpaired) electrons. The van der Waals surface area contributed by atoms with Crippen LogP contribution in [0.4, 0.5) is 5.82 Å². The number of rotatable bonds is 10. The van der Waals surface area contributed by atoms with E-state index >= 15 is 0 Å². The molecule has 0 aliphatic heterocycles. The zero-order valence-electron chi connectivity index (χ0n) is 21.7. The van der Waals surface area contributed by atoms with Gasteiger partial charge >= 0.3 is 11.9 Å². The molecule has 2 aromatic heterocycles. The molecule has 0 aromatic carbocycles. The lowest BCUT2D eigenvalue weighted by atomic mass is 10.3. The highest BCUT2D eigenvalue weighted by molar-refractivity contribution is 7.98. The monoisotopic (exact) mass is 578 g/mol. The van der Waals surface area contributed by atoms with Gasteiger partial charge in [0.15, 0.2) is 10.3 Å². The summed E-state index contributed by atoms with van der Waals surface area (Å²) < 4.78 is 9.69. The molecular formula is C22H35ClN6O6S2. The first kappa shape index (κ1) is 34.8. The van der Waals surface area contributed by atoms with Gasteiger partial charge in [-0.15, -0.1) is 0 Å². The van der Waals surface area contributed by atoms with Crippen molar-refractivity contribution in [3.8, 4) is 0 Å². The van der Waals surface area contributed by atoms with E-state index in [1.807, 2.05) is 12.5 Å². The Morgan fingerprint density at radius 2 is 1.43 bits per heavy atom. The second-order valence-corrected chi connectivity index (χ2v) is 8.84. The first-order chi connectivity index (χ1) is 17.5. The van der Waals surface area contributed by atoms with E-state index in [4.69, 9.17) is 31.9 Å². The van der Waals surface area contributed by atoms with Gasteiger partial charge in [0, 0.05) is 25.5 Å². The van der Waals surface area contributed by atoms with Crippen molar-refractivity contribution in [2.45, 2.75) is 50.2 Å². The van der Waals surface area contributed by atoms with E-state index < -0.39 is 18.0 Å². The van der Waals surface area contributed by atoms with Crippen molar-refractivity contribution in [1.82, 2.24) is 19.9 Å². The Morgan fingerprint density at radius 3 is 1.84 bits per heavy atom. The van der Waals surface area contributed by atoms with Crippen molar-refractivity contribution in [1.29, 1.82) is 0 Å². The molecule has 0 unspecified atom stereocenters. The van der Waals surface area contributed by atoms with Gasteiger partial charge in [-0.25, -0.2) is 29.5 Å². The Morgan fingerprint density at radius 1 is 0.973 bits per heavy atom. The lowest BCUT2D eigenvalue weighted by molar-refractivity contribution is 0.0516. The normalized spacial score (nSPS) is 11.6. The SMILES string of the molecule is CCOC(=O)c1cnc(SC)nc1Cl.CCOC(=O)c1cnc(SC)nc1NC[C@H](C)O.C[C@H](O)CN. The van der Waals surface area contributed by atoms with Crippen LogP contribution in [0.15, 0.2) is 22.7 Å². The van der Waals surface area contributed by atoms with Crippen LogP contribution in [0, 0.1) is 0 Å². The first-order valence-corrected chi connectivity index (χ1v) is 14.0. The quantitative estimate of drug-likeness (QED) is 0.139. The Kier molecular flexibility index (Phi) is 18.6. The summed E-state index contributed by atoms with van der Waals surface area (Å²) in [7, 11) is 0. The summed E-state index contributed by atoms with van der Waals surface area (Å²) in [5, 5.41) is 21.6. The fourth-order valence-electron chi connectivity index (χ4n) is 1.99. The minimum absolute atomic E-state index is 0.128. The van der Waals surface area contributed by atoms with Gasteiger partial charge in [-0.1, -0.05) is 35.1 Å². The number of aromatic nitrogens is 4. The third kappa shape index (κ3) is 14.3. The minimum atomic E-state index is -0.534. The van der Waals surface area contributed by atoms with Crippen molar-refractivity contribution in [2.75, 3.05) is 44.1 Å². The first-order valence-electron chi connectivity index (χ1n) is 11.2. The molecule has 2 rings (SSSR count). The molecule has 0 bridgehead atoms. The second kappa shape index (κ2) is 19.8. The molecule has 2 atom stereocenters. The Balaban J connectivity index is 0.000000605. The van der Waals surface area contributed by atoms with Gasteiger partial charge in [-0.2, -0.15) is 0 Å². The average molecular weight is 579 g/mol. The number of nitrogens with zero attached hydrogens (tertiary/aromatic N) is 4. The van der Waals surface area contributed by atoms with E-state index in [9.17, 15) is 14.7 Å². The number of aliphatic hydroxyl groups is 2. The molecular weight excluding hydrogens is 544 g/mol. The van der Waals surface area contributed by atoms with Gasteiger partial charge in [-0.3, -0.25) is 0 Å². The predicted octanol–water partition coefficient (Wildman–Crippen LogP) is 2.52. The molecule has 0 saturated carbocycles. The van der Waals surface area contributed by atoms with Gasteiger partial charge in [0.25, 0.3) is 0 Å². The summed E-state index contributed by atoms with van der Waals surface area (Å²) in [6.45, 7) is 8.02. The number of anilines is 1. The number of nitrogens with one attached hydrogen (secondary N) is 1. The highest BCUT2D eigenvalue weighted by Gasteiger charge is 2.16. The number of nitrogens with two attached hydrogens (primary N) is 1. The fraction of sp³-hybridized carbons (Fsp3) is 0.545. The van der Waals surface area contributed by atoms with E-state index in [1.54, 1.807) is 27.7 Å². The number of halogens is 1. The van der Waals surface area contributed by atoms with Crippen molar-refractivity contribution in [3.63, 3.8) is 0 Å². The highest BCUT2D eigenvalue weighted by atomic mass is 35.5. The molecule has 0 fully saturated rings. The molecule has 0 aliphatic rings. The van der Waals surface area contributed by atoms with Crippen LogP contribution in [0.1, 0.15) is 48.4 Å². The maximum Gasteiger partial charge on any atom is 0.343 e. The number of ether oxygens (including phenoxy) is 2. The van der Waals surface area contributed by atoms with Crippen LogP contribution in [0.3, 0.4) is 0 Å². The van der Waals surface area contributed by atoms with Gasteiger partial charge in [0.2, 0.25) is 0 Å². The standard InChI is InChI=1S/C11H17N3O3S.C8H9ClN2O2S.C3H9NO/c1-4-17-10(16)8-6-13-11(18-3)14-9(8)12-5-7(2)15;1-3-13-7(12)5-4-10-8(14-2)11-6(5)9;1-3(5)2-4/h6-7,15H,4-5H2,1-3H3,(H,12,13,14);4H,3H2,1-2H3;3,5H,2,4H2,1H3/t7-;;3-/m0.0/s1. The smallest absolute Gasteiger partial charge is 0.343 e. The van der Waals surface area contributed by atoms with E-state index in [0.29, 0.717) is 42.4 Å². The third-order valence-electron chi connectivity index (χ3n) is 3.75. The molecule has 37 heavy (non-hydrogen) atoms. The lowest BCUT2D eigenvalue weighted by Crippen LogP contribution is -2.19.